The van der Waals surface area contributed by atoms with Crippen molar-refractivity contribution in [1.29, 1.82) is 0 Å². The number of hydrogen-bond donors (Lipinski definition) is 2. The molecule has 7 heteroatoms. The first-order valence-electron chi connectivity index (χ1n) is 7.94. The van der Waals surface area contributed by atoms with Crippen molar-refractivity contribution < 1.29 is 9.69 Å². The molecule has 6 nitrogen and oxygen atoms in total. The molecule has 0 aliphatic carbocycles. The number of amides is 1. The summed E-state index contributed by atoms with van der Waals surface area (Å²) in [6.07, 6.45) is 6.75. The van der Waals surface area contributed by atoms with Crippen molar-refractivity contribution in [2.75, 3.05) is 19.6 Å². The summed E-state index contributed by atoms with van der Waals surface area (Å²) < 4.78 is 2.04. The highest BCUT2D eigenvalue weighted by Gasteiger charge is 2.19. The second-order valence-corrected chi connectivity index (χ2v) is 7.08. The zero-order valence-electron chi connectivity index (χ0n) is 13.3. The Bertz CT molecular complexity index is 510. The van der Waals surface area contributed by atoms with Crippen molar-refractivity contribution >= 4 is 17.7 Å². The molecule has 0 saturated carbocycles. The van der Waals surface area contributed by atoms with Crippen molar-refractivity contribution in [2.45, 2.75) is 49.6 Å². The molecule has 2 heterocycles. The standard InChI is InChI=1S/C15H25N5OS/c1-3-8-20-13(7-11-19-9-5-4-6-10-19)17-18-15(20)22-12(2)14(16)21/h3,12H,1,4-11H2,2H3,(H2,16,21)/p+1/t12-/m1/s1. The van der Waals surface area contributed by atoms with E-state index in [4.69, 9.17) is 5.73 Å². The van der Waals surface area contributed by atoms with E-state index in [0.717, 1.165) is 23.9 Å². The number of thioether (sulfide) groups is 1. The molecule has 1 amide bonds. The average Bonchev–Trinajstić information content (AvgIpc) is 2.89. The van der Waals surface area contributed by atoms with Crippen molar-refractivity contribution in [1.82, 2.24) is 14.8 Å². The van der Waals surface area contributed by atoms with Crippen LogP contribution in [0.25, 0.3) is 0 Å². The monoisotopic (exact) mass is 324 g/mol. The first-order chi connectivity index (χ1) is 10.6. The second-order valence-electron chi connectivity index (χ2n) is 5.77. The van der Waals surface area contributed by atoms with E-state index in [9.17, 15) is 4.79 Å². The predicted octanol–water partition coefficient (Wildman–Crippen LogP) is 0.0413. The fourth-order valence-corrected chi connectivity index (χ4v) is 3.54. The van der Waals surface area contributed by atoms with Gasteiger partial charge in [-0.1, -0.05) is 17.8 Å². The van der Waals surface area contributed by atoms with Crippen LogP contribution in [0.4, 0.5) is 0 Å². The van der Waals surface area contributed by atoms with Crippen molar-refractivity contribution in [3.8, 4) is 0 Å². The molecule has 22 heavy (non-hydrogen) atoms. The Morgan fingerprint density at radius 3 is 2.82 bits per heavy atom. The van der Waals surface area contributed by atoms with Crippen molar-refractivity contribution in [3.63, 3.8) is 0 Å². The molecule has 0 bridgehead atoms. The minimum absolute atomic E-state index is 0.312. The summed E-state index contributed by atoms with van der Waals surface area (Å²) in [7, 11) is 0. The SMILES string of the molecule is C=CCn1c(CC[NH+]2CCCCC2)nnc1S[C@H](C)C(N)=O. The minimum atomic E-state index is -0.336. The summed E-state index contributed by atoms with van der Waals surface area (Å²) in [6.45, 7) is 9.86. The van der Waals surface area contributed by atoms with Gasteiger partial charge in [0.25, 0.3) is 0 Å². The van der Waals surface area contributed by atoms with Crippen LogP contribution in [-0.2, 0) is 17.8 Å². The van der Waals surface area contributed by atoms with E-state index in [1.807, 2.05) is 10.6 Å². The number of aromatic nitrogens is 3. The minimum Gasteiger partial charge on any atom is -0.369 e. The van der Waals surface area contributed by atoms with E-state index in [2.05, 4.69) is 16.8 Å². The third kappa shape index (κ3) is 4.58. The van der Waals surface area contributed by atoms with Gasteiger partial charge in [-0.3, -0.25) is 4.79 Å². The molecular weight excluding hydrogens is 298 g/mol. The summed E-state index contributed by atoms with van der Waals surface area (Å²) in [5.41, 5.74) is 5.33. The van der Waals surface area contributed by atoms with Gasteiger partial charge in [0.15, 0.2) is 5.16 Å². The number of hydrogen-bond acceptors (Lipinski definition) is 4. The van der Waals surface area contributed by atoms with Gasteiger partial charge in [0.05, 0.1) is 31.3 Å². The summed E-state index contributed by atoms with van der Waals surface area (Å²) in [6, 6.07) is 0. The van der Waals surface area contributed by atoms with Gasteiger partial charge in [-0.25, -0.2) is 0 Å². The molecule has 0 unspecified atom stereocenters. The Morgan fingerprint density at radius 2 is 2.18 bits per heavy atom. The number of nitrogens with zero attached hydrogens (tertiary/aromatic N) is 3. The highest BCUT2D eigenvalue weighted by Crippen LogP contribution is 2.22. The van der Waals surface area contributed by atoms with Crippen LogP contribution in [0.3, 0.4) is 0 Å². The Balaban J connectivity index is 2.01. The van der Waals surface area contributed by atoms with Gasteiger partial charge < -0.3 is 15.2 Å². The summed E-state index contributed by atoms with van der Waals surface area (Å²) in [5, 5.41) is 8.98. The van der Waals surface area contributed by atoms with Gasteiger partial charge in [0.2, 0.25) is 5.91 Å². The Hall–Kier alpha value is -1.34. The molecule has 1 aromatic heterocycles. The largest absolute Gasteiger partial charge is 0.369 e. The Morgan fingerprint density at radius 1 is 1.45 bits per heavy atom. The van der Waals surface area contributed by atoms with E-state index in [1.165, 1.54) is 44.1 Å². The number of carbonyl (C=O) groups excluding carboxylic acids is 1. The van der Waals surface area contributed by atoms with Gasteiger partial charge in [0.1, 0.15) is 5.82 Å². The van der Waals surface area contributed by atoms with E-state index < -0.39 is 0 Å². The average molecular weight is 324 g/mol. The van der Waals surface area contributed by atoms with Crippen LogP contribution in [0.1, 0.15) is 32.0 Å². The summed E-state index contributed by atoms with van der Waals surface area (Å²) in [4.78, 5) is 12.9. The van der Waals surface area contributed by atoms with Crippen LogP contribution in [0.5, 0.6) is 0 Å². The molecule has 1 aliphatic heterocycles. The third-order valence-corrected chi connectivity index (χ3v) is 5.15. The quantitative estimate of drug-likeness (QED) is 0.523. The second kappa shape index (κ2) is 8.33. The number of rotatable bonds is 8. The topological polar surface area (TPSA) is 78.2 Å². The van der Waals surface area contributed by atoms with Gasteiger partial charge in [-0.05, 0) is 26.2 Å². The fraction of sp³-hybridized carbons (Fsp3) is 0.667. The molecule has 0 spiro atoms. The van der Waals surface area contributed by atoms with Gasteiger partial charge in [-0.15, -0.1) is 16.8 Å². The number of quaternary nitrogens is 1. The molecule has 2 rings (SSSR count). The van der Waals surface area contributed by atoms with E-state index in [-0.39, 0.29) is 11.2 Å². The van der Waals surface area contributed by atoms with Crippen molar-refractivity contribution in [2.24, 2.45) is 5.73 Å². The number of allylic oxidation sites excluding steroid dienone is 1. The summed E-state index contributed by atoms with van der Waals surface area (Å²) in [5.74, 6) is 0.634. The summed E-state index contributed by atoms with van der Waals surface area (Å²) >= 11 is 1.36. The number of primary amides is 1. The molecule has 0 aromatic carbocycles. The number of piperidine rings is 1. The molecule has 1 fully saturated rings. The van der Waals surface area contributed by atoms with Crippen LogP contribution >= 0.6 is 11.8 Å². The van der Waals surface area contributed by atoms with Crippen LogP contribution in [0.15, 0.2) is 17.8 Å². The van der Waals surface area contributed by atoms with Crippen LogP contribution in [0.2, 0.25) is 0 Å². The lowest BCUT2D eigenvalue weighted by Gasteiger charge is -2.23. The highest BCUT2D eigenvalue weighted by molar-refractivity contribution is 8.00. The van der Waals surface area contributed by atoms with Gasteiger partial charge in [-0.2, -0.15) is 0 Å². The Labute approximate surface area is 136 Å². The number of carbonyl (C=O) groups is 1. The maximum Gasteiger partial charge on any atom is 0.230 e. The number of likely N-dealkylation sites (tertiary alicyclic amines) is 1. The third-order valence-electron chi connectivity index (χ3n) is 4.05. The number of nitrogens with one attached hydrogen (secondary N) is 1. The number of nitrogens with two attached hydrogens (primary N) is 1. The zero-order chi connectivity index (χ0) is 15.9. The normalized spacial score (nSPS) is 17.3. The Kier molecular flexibility index (Phi) is 6.45. The maximum atomic E-state index is 11.2. The molecule has 0 radical (unpaired) electrons. The van der Waals surface area contributed by atoms with Crippen molar-refractivity contribution in [3.05, 3.63) is 18.5 Å². The molecule has 1 aromatic rings. The molecular formula is C15H26N5OS+. The first-order valence-corrected chi connectivity index (χ1v) is 8.82. The van der Waals surface area contributed by atoms with Crippen LogP contribution in [-0.4, -0.2) is 45.6 Å². The predicted molar refractivity (Wildman–Crippen MR) is 87.9 cm³/mol. The van der Waals surface area contributed by atoms with Gasteiger partial charge in [0, 0.05) is 6.54 Å². The van der Waals surface area contributed by atoms with E-state index >= 15 is 0 Å². The zero-order valence-corrected chi connectivity index (χ0v) is 14.1. The lowest BCUT2D eigenvalue weighted by atomic mass is 10.1. The van der Waals surface area contributed by atoms with E-state index in [1.54, 1.807) is 11.8 Å². The molecule has 1 aliphatic rings. The molecule has 3 N–H and O–H groups in total. The molecule has 1 atom stereocenters. The lowest BCUT2D eigenvalue weighted by Crippen LogP contribution is -3.13. The fourth-order valence-electron chi connectivity index (χ4n) is 2.71. The van der Waals surface area contributed by atoms with E-state index in [0.29, 0.717) is 6.54 Å². The molecule has 1 saturated heterocycles. The highest BCUT2D eigenvalue weighted by atomic mass is 32.2. The van der Waals surface area contributed by atoms with Crippen LogP contribution in [0, 0.1) is 0 Å². The van der Waals surface area contributed by atoms with Crippen LogP contribution < -0.4 is 10.6 Å². The lowest BCUT2D eigenvalue weighted by molar-refractivity contribution is -0.904. The molecule has 122 valence electrons. The maximum absolute atomic E-state index is 11.2. The first kappa shape index (κ1) is 17.0. The van der Waals surface area contributed by atoms with Gasteiger partial charge >= 0.3 is 0 Å². The smallest absolute Gasteiger partial charge is 0.230 e.